The Bertz CT molecular complexity index is 487. The summed E-state index contributed by atoms with van der Waals surface area (Å²) in [5.41, 5.74) is 1.14. The Labute approximate surface area is 146 Å². The van der Waals surface area contributed by atoms with Gasteiger partial charge in [-0.05, 0) is 25.8 Å². The Balaban J connectivity index is 2.53. The average Bonchev–Trinajstić information content (AvgIpc) is 2.61. The van der Waals surface area contributed by atoms with E-state index in [0.717, 1.165) is 31.0 Å². The Morgan fingerprint density at radius 3 is 2.46 bits per heavy atom. The molecule has 0 spiro atoms. The minimum absolute atomic E-state index is 0.0483. The van der Waals surface area contributed by atoms with Crippen LogP contribution in [0.1, 0.15) is 45.6 Å². The molecule has 5 heteroatoms. The summed E-state index contributed by atoms with van der Waals surface area (Å²) >= 11 is 0. The molecule has 0 unspecified atom stereocenters. The highest BCUT2D eigenvalue weighted by molar-refractivity contribution is 5.84. The van der Waals surface area contributed by atoms with Crippen molar-refractivity contribution in [1.29, 1.82) is 0 Å². The Hall–Kier alpha value is -2.04. The van der Waals surface area contributed by atoms with Gasteiger partial charge in [0, 0.05) is 26.2 Å². The van der Waals surface area contributed by atoms with Crippen LogP contribution in [-0.2, 0) is 11.3 Å². The highest BCUT2D eigenvalue weighted by Gasteiger charge is 2.11. The fraction of sp³-hybridized carbons (Fsp3) is 0.579. The van der Waals surface area contributed by atoms with E-state index in [1.54, 1.807) is 0 Å². The normalized spacial score (nSPS) is 11.2. The van der Waals surface area contributed by atoms with Gasteiger partial charge in [0.1, 0.15) is 6.54 Å². The van der Waals surface area contributed by atoms with Gasteiger partial charge in [-0.2, -0.15) is 0 Å². The highest BCUT2D eigenvalue weighted by atomic mass is 16.2. The van der Waals surface area contributed by atoms with Gasteiger partial charge in [-0.3, -0.25) is 4.79 Å². The largest absolute Gasteiger partial charge is 0.357 e. The number of likely N-dealkylation sites (N-methyl/N-ethyl adjacent to an activating group) is 1. The van der Waals surface area contributed by atoms with Crippen LogP contribution in [0.5, 0.6) is 0 Å². The third-order valence-electron chi connectivity index (χ3n) is 3.74. The topological polar surface area (TPSA) is 56.7 Å². The molecule has 0 saturated heterocycles. The standard InChI is InChI=1S/C19H32N4O/c1-4-7-11-14-21-19(20-5-2)22-15-18(24)23(6-3)16-17-12-9-8-10-13-17/h8-10,12-13H,4-7,11,14-16H2,1-3H3,(H2,20,21,22). The van der Waals surface area contributed by atoms with Crippen LogP contribution in [-0.4, -0.2) is 42.9 Å². The second-order valence-electron chi connectivity index (χ2n) is 5.72. The summed E-state index contributed by atoms with van der Waals surface area (Å²) in [6.45, 7) is 9.37. The zero-order valence-corrected chi connectivity index (χ0v) is 15.3. The number of unbranched alkanes of at least 4 members (excludes halogenated alkanes) is 2. The summed E-state index contributed by atoms with van der Waals surface area (Å²) in [6, 6.07) is 10.1. The van der Waals surface area contributed by atoms with Gasteiger partial charge in [0.25, 0.3) is 0 Å². The summed E-state index contributed by atoms with van der Waals surface area (Å²) in [4.78, 5) is 18.7. The monoisotopic (exact) mass is 332 g/mol. The predicted octanol–water partition coefficient (Wildman–Crippen LogP) is 2.78. The van der Waals surface area contributed by atoms with Crippen molar-refractivity contribution in [2.24, 2.45) is 4.99 Å². The zero-order valence-electron chi connectivity index (χ0n) is 15.3. The minimum atomic E-state index is 0.0483. The van der Waals surface area contributed by atoms with E-state index in [2.05, 4.69) is 22.5 Å². The molecule has 0 radical (unpaired) electrons. The first-order valence-electron chi connectivity index (χ1n) is 9.05. The Kier molecular flexibility index (Phi) is 10.3. The number of amides is 1. The maximum Gasteiger partial charge on any atom is 0.244 e. The Morgan fingerprint density at radius 2 is 1.83 bits per heavy atom. The average molecular weight is 332 g/mol. The van der Waals surface area contributed by atoms with Crippen LogP contribution in [0.3, 0.4) is 0 Å². The second kappa shape index (κ2) is 12.4. The summed E-state index contributed by atoms with van der Waals surface area (Å²) < 4.78 is 0. The minimum Gasteiger partial charge on any atom is -0.357 e. The zero-order chi connectivity index (χ0) is 17.6. The number of nitrogens with one attached hydrogen (secondary N) is 2. The molecule has 0 bridgehead atoms. The molecule has 0 atom stereocenters. The van der Waals surface area contributed by atoms with Crippen LogP contribution >= 0.6 is 0 Å². The van der Waals surface area contributed by atoms with Gasteiger partial charge in [-0.15, -0.1) is 0 Å². The van der Waals surface area contributed by atoms with Crippen molar-refractivity contribution in [3.8, 4) is 0 Å². The number of aliphatic imine (C=N–C) groups is 1. The van der Waals surface area contributed by atoms with Crippen molar-refractivity contribution in [3.63, 3.8) is 0 Å². The first kappa shape index (κ1) is 20.0. The molecule has 1 amide bonds. The molecule has 0 aliphatic rings. The van der Waals surface area contributed by atoms with Crippen LogP contribution in [0.25, 0.3) is 0 Å². The van der Waals surface area contributed by atoms with E-state index < -0.39 is 0 Å². The summed E-state index contributed by atoms with van der Waals surface area (Å²) in [7, 11) is 0. The second-order valence-corrected chi connectivity index (χ2v) is 5.72. The third kappa shape index (κ3) is 7.99. The smallest absolute Gasteiger partial charge is 0.244 e. The number of carbonyl (C=O) groups is 1. The van der Waals surface area contributed by atoms with Crippen LogP contribution < -0.4 is 10.6 Å². The van der Waals surface area contributed by atoms with Gasteiger partial charge in [0.15, 0.2) is 5.96 Å². The van der Waals surface area contributed by atoms with Crippen LogP contribution in [0.4, 0.5) is 0 Å². The van der Waals surface area contributed by atoms with Crippen LogP contribution in [0.15, 0.2) is 35.3 Å². The van der Waals surface area contributed by atoms with E-state index in [9.17, 15) is 4.79 Å². The van der Waals surface area contributed by atoms with E-state index in [4.69, 9.17) is 0 Å². The molecule has 0 aliphatic heterocycles. The van der Waals surface area contributed by atoms with Crippen molar-refractivity contribution >= 4 is 11.9 Å². The van der Waals surface area contributed by atoms with Crippen molar-refractivity contribution in [2.75, 3.05) is 26.2 Å². The van der Waals surface area contributed by atoms with Crippen molar-refractivity contribution in [2.45, 2.75) is 46.6 Å². The highest BCUT2D eigenvalue weighted by Crippen LogP contribution is 2.04. The van der Waals surface area contributed by atoms with E-state index >= 15 is 0 Å². The molecule has 24 heavy (non-hydrogen) atoms. The van der Waals surface area contributed by atoms with E-state index in [-0.39, 0.29) is 12.5 Å². The number of hydrogen-bond acceptors (Lipinski definition) is 2. The van der Waals surface area contributed by atoms with Gasteiger partial charge in [0.2, 0.25) is 5.91 Å². The maximum atomic E-state index is 12.4. The number of nitrogens with zero attached hydrogens (tertiary/aromatic N) is 2. The molecule has 1 rings (SSSR count). The molecule has 0 aromatic heterocycles. The molecule has 0 heterocycles. The fourth-order valence-electron chi connectivity index (χ4n) is 2.35. The molecule has 5 nitrogen and oxygen atoms in total. The lowest BCUT2D eigenvalue weighted by Gasteiger charge is -2.20. The first-order chi connectivity index (χ1) is 11.7. The van der Waals surface area contributed by atoms with E-state index in [0.29, 0.717) is 13.1 Å². The molecule has 2 N–H and O–H groups in total. The molecule has 0 saturated carbocycles. The van der Waals surface area contributed by atoms with Gasteiger partial charge in [-0.1, -0.05) is 50.1 Å². The van der Waals surface area contributed by atoms with Crippen molar-refractivity contribution < 1.29 is 4.79 Å². The molecule has 134 valence electrons. The lowest BCUT2D eigenvalue weighted by Crippen LogP contribution is -2.39. The number of guanidine groups is 1. The van der Waals surface area contributed by atoms with Gasteiger partial charge in [-0.25, -0.2) is 4.99 Å². The van der Waals surface area contributed by atoms with Gasteiger partial charge < -0.3 is 15.5 Å². The third-order valence-corrected chi connectivity index (χ3v) is 3.74. The Morgan fingerprint density at radius 1 is 1.08 bits per heavy atom. The number of carbonyl (C=O) groups excluding carboxylic acids is 1. The molecule has 0 fully saturated rings. The number of hydrogen-bond donors (Lipinski definition) is 2. The number of rotatable bonds is 10. The molecule has 0 aliphatic carbocycles. The number of benzene rings is 1. The molecular formula is C19H32N4O. The predicted molar refractivity (Wildman–Crippen MR) is 101 cm³/mol. The van der Waals surface area contributed by atoms with E-state index in [1.807, 2.05) is 49.1 Å². The SMILES string of the molecule is CCCCCNC(=NCC(=O)N(CC)Cc1ccccc1)NCC. The summed E-state index contributed by atoms with van der Waals surface area (Å²) in [5.74, 6) is 0.768. The van der Waals surface area contributed by atoms with Crippen LogP contribution in [0, 0.1) is 0 Å². The van der Waals surface area contributed by atoms with Gasteiger partial charge >= 0.3 is 0 Å². The lowest BCUT2D eigenvalue weighted by molar-refractivity contribution is -0.130. The summed E-state index contributed by atoms with van der Waals surface area (Å²) in [5, 5.41) is 6.48. The van der Waals surface area contributed by atoms with Crippen molar-refractivity contribution in [3.05, 3.63) is 35.9 Å². The molecule has 1 aromatic rings. The molecular weight excluding hydrogens is 300 g/mol. The van der Waals surface area contributed by atoms with E-state index in [1.165, 1.54) is 12.8 Å². The van der Waals surface area contributed by atoms with Crippen molar-refractivity contribution in [1.82, 2.24) is 15.5 Å². The van der Waals surface area contributed by atoms with Crippen LogP contribution in [0.2, 0.25) is 0 Å². The quantitative estimate of drug-likeness (QED) is 0.393. The lowest BCUT2D eigenvalue weighted by atomic mass is 10.2. The van der Waals surface area contributed by atoms with Gasteiger partial charge in [0.05, 0.1) is 0 Å². The fourth-order valence-corrected chi connectivity index (χ4v) is 2.35. The summed E-state index contributed by atoms with van der Waals surface area (Å²) in [6.07, 6.45) is 3.51. The first-order valence-corrected chi connectivity index (χ1v) is 9.05. The maximum absolute atomic E-state index is 12.4. The molecule has 1 aromatic carbocycles.